The number of carbonyl (C=O) groups excluding carboxylic acids is 2. The summed E-state index contributed by atoms with van der Waals surface area (Å²) in [6.07, 6.45) is 0. The standard InChI is InChI=1S/C15H22ClN3O3/c1-11(20)19(10-15(21)17-7-8-18(2)3)12-5-6-14(22-4)13(16)9-12/h5-6,9H,7-8,10H2,1-4H3,(H,17,21). The second-order valence-corrected chi connectivity index (χ2v) is 5.48. The third-order valence-electron chi connectivity index (χ3n) is 3.01. The Morgan fingerprint density at radius 3 is 2.50 bits per heavy atom. The topological polar surface area (TPSA) is 61.9 Å². The molecule has 0 saturated carbocycles. The fourth-order valence-corrected chi connectivity index (χ4v) is 2.08. The summed E-state index contributed by atoms with van der Waals surface area (Å²) in [5, 5.41) is 3.16. The van der Waals surface area contributed by atoms with E-state index in [9.17, 15) is 9.59 Å². The Balaban J connectivity index is 2.75. The molecule has 7 heteroatoms. The zero-order chi connectivity index (χ0) is 16.7. The quantitative estimate of drug-likeness (QED) is 0.822. The minimum absolute atomic E-state index is 0.0502. The van der Waals surface area contributed by atoms with E-state index in [4.69, 9.17) is 16.3 Å². The predicted molar refractivity (Wildman–Crippen MR) is 87.6 cm³/mol. The Labute approximate surface area is 136 Å². The summed E-state index contributed by atoms with van der Waals surface area (Å²) in [6.45, 7) is 2.62. The zero-order valence-electron chi connectivity index (χ0n) is 13.4. The molecule has 0 aliphatic carbocycles. The lowest BCUT2D eigenvalue weighted by Gasteiger charge is -2.21. The molecule has 0 aliphatic heterocycles. The molecule has 0 radical (unpaired) electrons. The molecule has 122 valence electrons. The van der Waals surface area contributed by atoms with Crippen molar-refractivity contribution in [2.45, 2.75) is 6.92 Å². The Bertz CT molecular complexity index is 535. The Morgan fingerprint density at radius 1 is 1.32 bits per heavy atom. The first-order valence-corrected chi connectivity index (χ1v) is 7.26. The van der Waals surface area contributed by atoms with E-state index >= 15 is 0 Å². The number of anilines is 1. The average molecular weight is 328 g/mol. The predicted octanol–water partition coefficient (Wildman–Crippen LogP) is 1.38. The van der Waals surface area contributed by atoms with Gasteiger partial charge in [0.1, 0.15) is 12.3 Å². The molecule has 22 heavy (non-hydrogen) atoms. The SMILES string of the molecule is COc1ccc(N(CC(=O)NCCN(C)C)C(C)=O)cc1Cl. The second-order valence-electron chi connectivity index (χ2n) is 5.08. The summed E-state index contributed by atoms with van der Waals surface area (Å²) in [5.74, 6) is 0.0670. The van der Waals surface area contributed by atoms with Gasteiger partial charge in [-0.3, -0.25) is 9.59 Å². The van der Waals surface area contributed by atoms with Gasteiger partial charge in [-0.1, -0.05) is 11.6 Å². The van der Waals surface area contributed by atoms with Crippen LogP contribution in [0, 0.1) is 0 Å². The lowest BCUT2D eigenvalue weighted by molar-refractivity contribution is -0.123. The molecular weight excluding hydrogens is 306 g/mol. The van der Waals surface area contributed by atoms with Crippen LogP contribution >= 0.6 is 11.6 Å². The fraction of sp³-hybridized carbons (Fsp3) is 0.467. The maximum atomic E-state index is 11.9. The molecule has 0 bridgehead atoms. The highest BCUT2D eigenvalue weighted by Gasteiger charge is 2.17. The summed E-state index contributed by atoms with van der Waals surface area (Å²) < 4.78 is 5.08. The molecule has 0 aromatic heterocycles. The lowest BCUT2D eigenvalue weighted by Crippen LogP contribution is -2.41. The van der Waals surface area contributed by atoms with Crippen molar-refractivity contribution in [3.63, 3.8) is 0 Å². The number of methoxy groups -OCH3 is 1. The fourth-order valence-electron chi connectivity index (χ4n) is 1.83. The van der Waals surface area contributed by atoms with Crippen molar-refractivity contribution in [2.24, 2.45) is 0 Å². The van der Waals surface area contributed by atoms with E-state index in [2.05, 4.69) is 5.32 Å². The van der Waals surface area contributed by atoms with E-state index in [1.807, 2.05) is 19.0 Å². The number of halogens is 1. The number of carbonyl (C=O) groups is 2. The first-order chi connectivity index (χ1) is 10.3. The normalized spacial score (nSPS) is 10.5. The minimum atomic E-state index is -0.232. The number of nitrogens with zero attached hydrogens (tertiary/aromatic N) is 2. The number of amides is 2. The van der Waals surface area contributed by atoms with Crippen LogP contribution < -0.4 is 15.0 Å². The monoisotopic (exact) mass is 327 g/mol. The van der Waals surface area contributed by atoms with Crippen LogP contribution in [0.5, 0.6) is 5.75 Å². The Morgan fingerprint density at radius 2 is 2.00 bits per heavy atom. The smallest absolute Gasteiger partial charge is 0.240 e. The maximum Gasteiger partial charge on any atom is 0.240 e. The van der Waals surface area contributed by atoms with E-state index in [0.717, 1.165) is 6.54 Å². The highest BCUT2D eigenvalue weighted by atomic mass is 35.5. The van der Waals surface area contributed by atoms with Gasteiger partial charge < -0.3 is 19.9 Å². The number of nitrogens with one attached hydrogen (secondary N) is 1. The molecule has 0 spiro atoms. The molecule has 6 nitrogen and oxygen atoms in total. The van der Waals surface area contributed by atoms with Gasteiger partial charge in [0.05, 0.1) is 12.1 Å². The first kappa shape index (κ1) is 18.3. The molecular formula is C15H22ClN3O3. The highest BCUT2D eigenvalue weighted by molar-refractivity contribution is 6.32. The summed E-state index contributed by atoms with van der Waals surface area (Å²) in [4.78, 5) is 27.1. The Hall–Kier alpha value is -1.79. The van der Waals surface area contributed by atoms with E-state index in [0.29, 0.717) is 23.0 Å². The number of benzene rings is 1. The van der Waals surface area contributed by atoms with Gasteiger partial charge in [-0.05, 0) is 32.3 Å². The third kappa shape index (κ3) is 5.54. The van der Waals surface area contributed by atoms with Crippen molar-refractivity contribution in [3.8, 4) is 5.75 Å². The van der Waals surface area contributed by atoms with Crippen LogP contribution in [0.3, 0.4) is 0 Å². The largest absolute Gasteiger partial charge is 0.495 e. The van der Waals surface area contributed by atoms with E-state index in [1.165, 1.54) is 18.9 Å². The van der Waals surface area contributed by atoms with Gasteiger partial charge in [-0.25, -0.2) is 0 Å². The van der Waals surface area contributed by atoms with Crippen LogP contribution in [0.4, 0.5) is 5.69 Å². The van der Waals surface area contributed by atoms with Crippen molar-refractivity contribution in [1.29, 1.82) is 0 Å². The zero-order valence-corrected chi connectivity index (χ0v) is 14.1. The van der Waals surface area contributed by atoms with E-state index in [-0.39, 0.29) is 18.4 Å². The molecule has 2 amide bonds. The molecule has 0 heterocycles. The second kappa shape index (κ2) is 8.60. The van der Waals surface area contributed by atoms with Gasteiger partial charge >= 0.3 is 0 Å². The molecule has 0 fully saturated rings. The van der Waals surface area contributed by atoms with Crippen LogP contribution in [0.25, 0.3) is 0 Å². The third-order valence-corrected chi connectivity index (χ3v) is 3.31. The molecule has 0 saturated heterocycles. The van der Waals surface area contributed by atoms with Crippen molar-refractivity contribution in [2.75, 3.05) is 45.7 Å². The van der Waals surface area contributed by atoms with Gasteiger partial charge in [0.2, 0.25) is 11.8 Å². The number of hydrogen-bond donors (Lipinski definition) is 1. The Kier molecular flexibility index (Phi) is 7.14. The molecule has 1 N–H and O–H groups in total. The summed E-state index contributed by atoms with van der Waals surface area (Å²) in [6, 6.07) is 4.96. The van der Waals surface area contributed by atoms with E-state index < -0.39 is 0 Å². The molecule has 0 atom stereocenters. The number of rotatable bonds is 7. The molecule has 1 aromatic rings. The molecule has 1 rings (SSSR count). The van der Waals surface area contributed by atoms with Crippen molar-refractivity contribution in [3.05, 3.63) is 23.2 Å². The van der Waals surface area contributed by atoms with Gasteiger partial charge in [0.25, 0.3) is 0 Å². The van der Waals surface area contributed by atoms with Crippen LogP contribution in [-0.2, 0) is 9.59 Å². The van der Waals surface area contributed by atoms with Gasteiger partial charge in [0, 0.05) is 25.7 Å². The molecule has 1 aromatic carbocycles. The summed E-state index contributed by atoms with van der Waals surface area (Å²) >= 11 is 6.06. The van der Waals surface area contributed by atoms with Crippen LogP contribution in [-0.4, -0.2) is 57.6 Å². The van der Waals surface area contributed by atoms with Gasteiger partial charge in [-0.15, -0.1) is 0 Å². The van der Waals surface area contributed by atoms with E-state index in [1.54, 1.807) is 18.2 Å². The van der Waals surface area contributed by atoms with Crippen molar-refractivity contribution >= 4 is 29.1 Å². The van der Waals surface area contributed by atoms with Gasteiger partial charge in [-0.2, -0.15) is 0 Å². The molecule has 0 aliphatic rings. The average Bonchev–Trinajstić information content (AvgIpc) is 2.44. The van der Waals surface area contributed by atoms with Crippen molar-refractivity contribution < 1.29 is 14.3 Å². The molecule has 0 unspecified atom stereocenters. The number of hydrogen-bond acceptors (Lipinski definition) is 4. The van der Waals surface area contributed by atoms with Crippen LogP contribution in [0.15, 0.2) is 18.2 Å². The summed E-state index contributed by atoms with van der Waals surface area (Å²) in [5.41, 5.74) is 0.557. The van der Waals surface area contributed by atoms with Crippen LogP contribution in [0.1, 0.15) is 6.92 Å². The van der Waals surface area contributed by atoms with Gasteiger partial charge in [0.15, 0.2) is 0 Å². The minimum Gasteiger partial charge on any atom is -0.495 e. The number of ether oxygens (including phenoxy) is 1. The lowest BCUT2D eigenvalue weighted by atomic mass is 10.2. The summed E-state index contributed by atoms with van der Waals surface area (Å²) in [7, 11) is 5.36. The maximum absolute atomic E-state index is 11.9. The first-order valence-electron chi connectivity index (χ1n) is 6.88. The number of likely N-dealkylation sites (N-methyl/N-ethyl adjacent to an activating group) is 1. The van der Waals surface area contributed by atoms with Crippen LogP contribution in [0.2, 0.25) is 5.02 Å². The highest BCUT2D eigenvalue weighted by Crippen LogP contribution is 2.29. The van der Waals surface area contributed by atoms with Crippen molar-refractivity contribution in [1.82, 2.24) is 10.2 Å².